The molecule has 0 atom stereocenters. The Kier molecular flexibility index (Phi) is 8.04. The molecular weight excluding hydrogens is 483 g/mol. The quantitative estimate of drug-likeness (QED) is 0.403. The van der Waals surface area contributed by atoms with Crippen molar-refractivity contribution in [3.8, 4) is 5.75 Å². The zero-order chi connectivity index (χ0) is 26.7. The fraction of sp³-hybridized carbons (Fsp3) is 0.536. The number of hydrogen-bond donors (Lipinski definition) is 0. The molecular formula is C28H36F3N3O3. The van der Waals surface area contributed by atoms with E-state index in [0.717, 1.165) is 37.0 Å². The van der Waals surface area contributed by atoms with Crippen LogP contribution in [0.2, 0.25) is 0 Å². The molecule has 2 fully saturated rings. The largest absolute Gasteiger partial charge is 0.522 e. The lowest BCUT2D eigenvalue weighted by atomic mass is 9.68. The van der Waals surface area contributed by atoms with E-state index in [2.05, 4.69) is 35.9 Å². The third-order valence-corrected chi connectivity index (χ3v) is 8.06. The van der Waals surface area contributed by atoms with Gasteiger partial charge in [-0.3, -0.25) is 9.64 Å². The number of benzene rings is 2. The normalized spacial score (nSPS) is 24.4. The molecule has 1 aliphatic carbocycles. The van der Waals surface area contributed by atoms with Gasteiger partial charge in [0.05, 0.1) is 19.3 Å². The van der Waals surface area contributed by atoms with Gasteiger partial charge in [-0.1, -0.05) is 42.5 Å². The Bertz CT molecular complexity index is 1040. The Morgan fingerprint density at radius 1 is 0.973 bits per heavy atom. The minimum Gasteiger partial charge on any atom is -0.497 e. The molecule has 2 amide bonds. The van der Waals surface area contributed by atoms with Crippen molar-refractivity contribution in [2.24, 2.45) is 0 Å². The van der Waals surface area contributed by atoms with E-state index in [-0.39, 0.29) is 24.5 Å². The van der Waals surface area contributed by atoms with E-state index in [1.807, 2.05) is 52.3 Å². The Hall–Kier alpha value is -2.78. The standard InChI is InChI=1S/C28H36F3N3O3/c1-32(2)27(23-8-5-4-6-9-23)16-14-26(15-17-27)21-33(20-22-10-12-24(36-3)13-11-22)25(35)34(26)18-7-19-37-28(29,30)31/h4-6,8-13H,7,14-21H2,1-3H3. The molecule has 2 aliphatic rings. The summed E-state index contributed by atoms with van der Waals surface area (Å²) in [5, 5.41) is 0. The van der Waals surface area contributed by atoms with Crippen LogP contribution < -0.4 is 4.74 Å². The van der Waals surface area contributed by atoms with Crippen LogP contribution in [-0.2, 0) is 16.8 Å². The van der Waals surface area contributed by atoms with Crippen LogP contribution in [0.5, 0.6) is 5.75 Å². The molecule has 202 valence electrons. The lowest BCUT2D eigenvalue weighted by molar-refractivity contribution is -0.324. The van der Waals surface area contributed by atoms with E-state index in [1.165, 1.54) is 5.56 Å². The molecule has 1 saturated heterocycles. The molecule has 0 unspecified atom stereocenters. The van der Waals surface area contributed by atoms with Gasteiger partial charge >= 0.3 is 12.4 Å². The Morgan fingerprint density at radius 3 is 2.19 bits per heavy atom. The molecule has 37 heavy (non-hydrogen) atoms. The van der Waals surface area contributed by atoms with Crippen molar-refractivity contribution in [3.63, 3.8) is 0 Å². The van der Waals surface area contributed by atoms with Crippen molar-refractivity contribution in [2.45, 2.75) is 56.1 Å². The third-order valence-electron chi connectivity index (χ3n) is 8.06. The highest BCUT2D eigenvalue weighted by atomic mass is 19.4. The van der Waals surface area contributed by atoms with Crippen LogP contribution in [0.1, 0.15) is 43.2 Å². The predicted octanol–water partition coefficient (Wildman–Crippen LogP) is 5.63. The zero-order valence-corrected chi connectivity index (χ0v) is 21.8. The van der Waals surface area contributed by atoms with Crippen LogP contribution in [0.15, 0.2) is 54.6 Å². The molecule has 6 nitrogen and oxygen atoms in total. The number of hydrogen-bond acceptors (Lipinski definition) is 4. The van der Waals surface area contributed by atoms with E-state index in [1.54, 1.807) is 7.11 Å². The van der Waals surface area contributed by atoms with Gasteiger partial charge in [0, 0.05) is 25.2 Å². The summed E-state index contributed by atoms with van der Waals surface area (Å²) in [4.78, 5) is 19.5. The highest BCUT2D eigenvalue weighted by Crippen LogP contribution is 2.49. The lowest BCUT2D eigenvalue weighted by Crippen LogP contribution is -2.55. The first-order valence-electron chi connectivity index (χ1n) is 12.7. The summed E-state index contributed by atoms with van der Waals surface area (Å²) in [6.07, 6.45) is -1.30. The number of amides is 2. The maximum absolute atomic E-state index is 13.6. The zero-order valence-electron chi connectivity index (χ0n) is 21.8. The van der Waals surface area contributed by atoms with Crippen LogP contribution in [0, 0.1) is 0 Å². The van der Waals surface area contributed by atoms with Crippen LogP contribution in [0.25, 0.3) is 0 Å². The van der Waals surface area contributed by atoms with Crippen molar-refractivity contribution < 1.29 is 27.4 Å². The van der Waals surface area contributed by atoms with E-state index >= 15 is 0 Å². The first-order chi connectivity index (χ1) is 17.6. The van der Waals surface area contributed by atoms with Gasteiger partial charge in [0.25, 0.3) is 0 Å². The summed E-state index contributed by atoms with van der Waals surface area (Å²) >= 11 is 0. The number of carbonyl (C=O) groups excluding carboxylic acids is 1. The topological polar surface area (TPSA) is 45.2 Å². The highest BCUT2D eigenvalue weighted by molar-refractivity contribution is 5.78. The van der Waals surface area contributed by atoms with E-state index < -0.39 is 18.5 Å². The Labute approximate surface area is 216 Å². The second kappa shape index (κ2) is 10.9. The van der Waals surface area contributed by atoms with Crippen molar-refractivity contribution in [3.05, 3.63) is 65.7 Å². The number of alkyl halides is 3. The summed E-state index contributed by atoms with van der Waals surface area (Å²) in [6.45, 7) is 0.760. The second-order valence-corrected chi connectivity index (χ2v) is 10.3. The van der Waals surface area contributed by atoms with Crippen LogP contribution in [0.4, 0.5) is 18.0 Å². The number of carbonyl (C=O) groups is 1. The minimum atomic E-state index is -4.67. The molecule has 1 saturated carbocycles. The number of nitrogens with zero attached hydrogens (tertiary/aromatic N) is 3. The summed E-state index contributed by atoms with van der Waals surface area (Å²) in [7, 11) is 5.79. The van der Waals surface area contributed by atoms with Crippen molar-refractivity contribution in [1.82, 2.24) is 14.7 Å². The third kappa shape index (κ3) is 5.88. The molecule has 0 bridgehead atoms. The molecule has 2 aromatic rings. The number of halogens is 3. The Morgan fingerprint density at radius 2 is 1.62 bits per heavy atom. The molecule has 0 N–H and O–H groups in total. The smallest absolute Gasteiger partial charge is 0.497 e. The molecule has 0 radical (unpaired) electrons. The highest BCUT2D eigenvalue weighted by Gasteiger charge is 2.54. The SMILES string of the molecule is COc1ccc(CN2CC3(CCC(c4ccccc4)(N(C)C)CC3)N(CCCOC(F)(F)F)C2=O)cc1. The van der Waals surface area contributed by atoms with Gasteiger partial charge in [-0.2, -0.15) is 0 Å². The number of methoxy groups -OCH3 is 1. The molecule has 0 aromatic heterocycles. The average molecular weight is 520 g/mol. The predicted molar refractivity (Wildman–Crippen MR) is 135 cm³/mol. The summed E-state index contributed by atoms with van der Waals surface area (Å²) in [6, 6.07) is 17.9. The van der Waals surface area contributed by atoms with Crippen LogP contribution in [-0.4, -0.2) is 73.5 Å². The maximum atomic E-state index is 13.6. The first kappa shape index (κ1) is 27.3. The second-order valence-electron chi connectivity index (χ2n) is 10.3. The lowest BCUT2D eigenvalue weighted by Gasteiger charge is -2.51. The van der Waals surface area contributed by atoms with E-state index in [9.17, 15) is 18.0 Å². The summed E-state index contributed by atoms with van der Waals surface area (Å²) in [5.74, 6) is 0.743. The fourth-order valence-electron chi connectivity index (χ4n) is 6.00. The molecule has 2 aromatic carbocycles. The van der Waals surface area contributed by atoms with Crippen molar-refractivity contribution in [1.29, 1.82) is 0 Å². The monoisotopic (exact) mass is 519 g/mol. The molecule has 1 aliphatic heterocycles. The maximum Gasteiger partial charge on any atom is 0.522 e. The molecule has 4 rings (SSSR count). The first-order valence-corrected chi connectivity index (χ1v) is 12.7. The van der Waals surface area contributed by atoms with Gasteiger partial charge in [0.2, 0.25) is 0 Å². The van der Waals surface area contributed by atoms with Crippen molar-refractivity contribution >= 4 is 6.03 Å². The number of urea groups is 1. The summed E-state index contributed by atoms with van der Waals surface area (Å²) < 4.78 is 46.8. The van der Waals surface area contributed by atoms with Crippen molar-refractivity contribution in [2.75, 3.05) is 40.9 Å². The van der Waals surface area contributed by atoms with E-state index in [4.69, 9.17) is 4.74 Å². The van der Waals surface area contributed by atoms with Gasteiger partial charge in [-0.15, -0.1) is 13.2 Å². The van der Waals surface area contributed by atoms with Crippen LogP contribution >= 0.6 is 0 Å². The van der Waals surface area contributed by atoms with Gasteiger partial charge in [0.1, 0.15) is 5.75 Å². The minimum absolute atomic E-state index is 0.125. The van der Waals surface area contributed by atoms with Gasteiger partial charge in [0.15, 0.2) is 0 Å². The van der Waals surface area contributed by atoms with E-state index in [0.29, 0.717) is 13.1 Å². The number of rotatable bonds is 9. The van der Waals surface area contributed by atoms with Gasteiger partial charge in [-0.05, 0) is 69.5 Å². The molecule has 1 heterocycles. The Balaban J connectivity index is 1.54. The van der Waals surface area contributed by atoms with Gasteiger partial charge < -0.3 is 14.5 Å². The van der Waals surface area contributed by atoms with Crippen LogP contribution in [0.3, 0.4) is 0 Å². The molecule has 9 heteroatoms. The summed E-state index contributed by atoms with van der Waals surface area (Å²) in [5.41, 5.74) is 1.66. The fourth-order valence-corrected chi connectivity index (χ4v) is 6.00. The van der Waals surface area contributed by atoms with Gasteiger partial charge in [-0.25, -0.2) is 4.79 Å². The number of ether oxygens (including phenoxy) is 2. The molecule has 1 spiro atoms. The average Bonchev–Trinajstić information content (AvgIpc) is 3.12.